The molecule has 0 unspecified atom stereocenters. The fourth-order valence-electron chi connectivity index (χ4n) is 3.32. The summed E-state index contributed by atoms with van der Waals surface area (Å²) in [6.07, 6.45) is 0.341. The van der Waals surface area contributed by atoms with E-state index in [-0.39, 0.29) is 24.3 Å². The molecule has 7 heteroatoms. The maximum absolute atomic E-state index is 14.3. The van der Waals surface area contributed by atoms with E-state index < -0.39 is 0 Å². The molecule has 27 heavy (non-hydrogen) atoms. The van der Waals surface area contributed by atoms with Gasteiger partial charge in [0, 0.05) is 42.3 Å². The van der Waals surface area contributed by atoms with Crippen molar-refractivity contribution in [1.82, 2.24) is 4.90 Å². The Kier molecular flexibility index (Phi) is 5.88. The van der Waals surface area contributed by atoms with Gasteiger partial charge in [-0.25, -0.2) is 4.39 Å². The van der Waals surface area contributed by atoms with Gasteiger partial charge in [0.2, 0.25) is 5.91 Å². The highest BCUT2D eigenvalue weighted by Crippen LogP contribution is 2.30. The molecule has 0 radical (unpaired) electrons. The van der Waals surface area contributed by atoms with Crippen molar-refractivity contribution in [2.75, 3.05) is 18.0 Å². The lowest BCUT2D eigenvalue weighted by Gasteiger charge is -2.31. The second-order valence-electron chi connectivity index (χ2n) is 6.43. The zero-order valence-electron chi connectivity index (χ0n) is 14.8. The second kappa shape index (κ2) is 8.16. The standard InChI is InChI=1S/C20H18Cl2FN3O/c1-2-25-12-17(9-20(25)27)26(11-14-7-15(21)4-6-19(14)23)16-5-3-13(10-24)18(22)8-16/h3-8,17H,2,9,11-12H2,1H3/t17-/m0/s1. The number of nitrogens with zero attached hydrogens (tertiary/aromatic N) is 3. The van der Waals surface area contributed by atoms with Gasteiger partial charge in [0.25, 0.3) is 0 Å². The molecule has 140 valence electrons. The molecule has 0 N–H and O–H groups in total. The molecule has 0 spiro atoms. The van der Waals surface area contributed by atoms with Crippen LogP contribution in [0.15, 0.2) is 36.4 Å². The molecule has 4 nitrogen and oxygen atoms in total. The maximum atomic E-state index is 14.3. The Labute approximate surface area is 167 Å². The van der Waals surface area contributed by atoms with Gasteiger partial charge in [-0.05, 0) is 43.3 Å². The van der Waals surface area contributed by atoms with E-state index in [1.165, 1.54) is 12.1 Å². The molecular formula is C20H18Cl2FN3O. The Morgan fingerprint density at radius 3 is 2.70 bits per heavy atom. The topological polar surface area (TPSA) is 47.3 Å². The van der Waals surface area contributed by atoms with Gasteiger partial charge in [-0.15, -0.1) is 0 Å². The van der Waals surface area contributed by atoms with Crippen LogP contribution < -0.4 is 4.90 Å². The SMILES string of the molecule is CCN1C[C@@H](N(Cc2cc(Cl)ccc2F)c2ccc(C#N)c(Cl)c2)CC1=O. The number of halogens is 3. The van der Waals surface area contributed by atoms with E-state index in [4.69, 9.17) is 28.5 Å². The fourth-order valence-corrected chi connectivity index (χ4v) is 3.73. The normalized spacial score (nSPS) is 16.5. The molecule has 1 aliphatic heterocycles. The van der Waals surface area contributed by atoms with Crippen LogP contribution in [-0.2, 0) is 11.3 Å². The molecule has 0 aliphatic carbocycles. The summed E-state index contributed by atoms with van der Waals surface area (Å²) in [4.78, 5) is 16.0. The van der Waals surface area contributed by atoms with Crippen molar-refractivity contribution in [3.63, 3.8) is 0 Å². The first-order valence-corrected chi connectivity index (χ1v) is 9.36. The van der Waals surface area contributed by atoms with E-state index in [1.54, 1.807) is 29.2 Å². The lowest BCUT2D eigenvalue weighted by atomic mass is 10.1. The van der Waals surface area contributed by atoms with E-state index in [0.29, 0.717) is 40.7 Å². The average molecular weight is 406 g/mol. The van der Waals surface area contributed by atoms with E-state index in [9.17, 15) is 9.18 Å². The van der Waals surface area contributed by atoms with Crippen LogP contribution >= 0.6 is 23.2 Å². The van der Waals surface area contributed by atoms with Crippen molar-refractivity contribution in [2.45, 2.75) is 25.9 Å². The number of amides is 1. The van der Waals surface area contributed by atoms with E-state index in [1.807, 2.05) is 17.9 Å². The molecule has 0 saturated carbocycles. The molecule has 3 rings (SSSR count). The van der Waals surface area contributed by atoms with Crippen molar-refractivity contribution in [3.8, 4) is 6.07 Å². The largest absolute Gasteiger partial charge is 0.362 e. The number of likely N-dealkylation sites (tertiary alicyclic amines) is 1. The van der Waals surface area contributed by atoms with Gasteiger partial charge >= 0.3 is 0 Å². The molecular weight excluding hydrogens is 388 g/mol. The summed E-state index contributed by atoms with van der Waals surface area (Å²) in [6, 6.07) is 11.4. The number of benzene rings is 2. The highest BCUT2D eigenvalue weighted by atomic mass is 35.5. The number of likely N-dealkylation sites (N-methyl/N-ethyl adjacent to an activating group) is 1. The van der Waals surface area contributed by atoms with Gasteiger partial charge in [0.1, 0.15) is 11.9 Å². The van der Waals surface area contributed by atoms with Gasteiger partial charge in [0.05, 0.1) is 16.6 Å². The first-order valence-electron chi connectivity index (χ1n) is 8.61. The lowest BCUT2D eigenvalue weighted by molar-refractivity contribution is -0.127. The Balaban J connectivity index is 1.99. The number of rotatable bonds is 5. The molecule has 1 aliphatic rings. The maximum Gasteiger partial charge on any atom is 0.224 e. The van der Waals surface area contributed by atoms with Crippen molar-refractivity contribution < 1.29 is 9.18 Å². The average Bonchev–Trinajstić information content (AvgIpc) is 3.02. The van der Waals surface area contributed by atoms with Gasteiger partial charge in [-0.2, -0.15) is 5.26 Å². The minimum Gasteiger partial charge on any atom is -0.362 e. The predicted molar refractivity (Wildman–Crippen MR) is 104 cm³/mol. The van der Waals surface area contributed by atoms with Crippen molar-refractivity contribution in [1.29, 1.82) is 5.26 Å². The summed E-state index contributed by atoms with van der Waals surface area (Å²) in [5.74, 6) is -0.292. The third-order valence-corrected chi connectivity index (χ3v) is 5.32. The van der Waals surface area contributed by atoms with Gasteiger partial charge in [0.15, 0.2) is 0 Å². The third-order valence-electron chi connectivity index (χ3n) is 4.77. The van der Waals surface area contributed by atoms with Gasteiger partial charge in [-0.3, -0.25) is 4.79 Å². The quantitative estimate of drug-likeness (QED) is 0.728. The summed E-state index contributed by atoms with van der Waals surface area (Å²) in [5, 5.41) is 9.87. The molecule has 0 aromatic heterocycles. The summed E-state index contributed by atoms with van der Waals surface area (Å²) in [6.45, 7) is 3.35. The predicted octanol–water partition coefficient (Wildman–Crippen LogP) is 4.63. The van der Waals surface area contributed by atoms with Crippen LogP contribution in [0.1, 0.15) is 24.5 Å². The Bertz CT molecular complexity index is 913. The lowest BCUT2D eigenvalue weighted by Crippen LogP contribution is -2.37. The highest BCUT2D eigenvalue weighted by molar-refractivity contribution is 6.32. The molecule has 1 fully saturated rings. The van der Waals surface area contributed by atoms with E-state index in [0.717, 1.165) is 5.69 Å². The van der Waals surface area contributed by atoms with Gasteiger partial charge < -0.3 is 9.80 Å². The number of nitriles is 1. The number of anilines is 1. The Morgan fingerprint density at radius 2 is 2.07 bits per heavy atom. The summed E-state index contributed by atoms with van der Waals surface area (Å²) in [5.41, 5.74) is 1.53. The minimum atomic E-state index is -0.360. The van der Waals surface area contributed by atoms with Gasteiger partial charge in [-0.1, -0.05) is 23.2 Å². The molecule has 1 saturated heterocycles. The fraction of sp³-hybridized carbons (Fsp3) is 0.300. The monoisotopic (exact) mass is 405 g/mol. The number of carbonyl (C=O) groups is 1. The Morgan fingerprint density at radius 1 is 1.30 bits per heavy atom. The van der Waals surface area contributed by atoms with Crippen molar-refractivity contribution >= 4 is 34.8 Å². The van der Waals surface area contributed by atoms with Crippen LogP contribution in [0.4, 0.5) is 10.1 Å². The highest BCUT2D eigenvalue weighted by Gasteiger charge is 2.33. The van der Waals surface area contributed by atoms with Crippen LogP contribution in [0.2, 0.25) is 10.0 Å². The molecule has 2 aromatic rings. The Hall–Kier alpha value is -2.29. The molecule has 2 aromatic carbocycles. The van der Waals surface area contributed by atoms with E-state index >= 15 is 0 Å². The van der Waals surface area contributed by atoms with E-state index in [2.05, 4.69) is 0 Å². The van der Waals surface area contributed by atoms with Crippen molar-refractivity contribution in [2.24, 2.45) is 0 Å². The van der Waals surface area contributed by atoms with Crippen LogP contribution in [-0.4, -0.2) is 29.9 Å². The first kappa shape index (κ1) is 19.5. The molecule has 1 atom stereocenters. The smallest absolute Gasteiger partial charge is 0.224 e. The molecule has 0 bridgehead atoms. The molecule has 1 amide bonds. The second-order valence-corrected chi connectivity index (χ2v) is 7.27. The minimum absolute atomic E-state index is 0.0683. The van der Waals surface area contributed by atoms with Crippen LogP contribution in [0, 0.1) is 17.1 Å². The zero-order chi connectivity index (χ0) is 19.6. The molecule has 1 heterocycles. The van der Waals surface area contributed by atoms with Crippen LogP contribution in [0.5, 0.6) is 0 Å². The third kappa shape index (κ3) is 4.18. The number of carbonyl (C=O) groups excluding carboxylic acids is 1. The first-order chi connectivity index (χ1) is 12.9. The zero-order valence-corrected chi connectivity index (χ0v) is 16.3. The number of hydrogen-bond acceptors (Lipinski definition) is 3. The summed E-state index contributed by atoms with van der Waals surface area (Å²) < 4.78 is 14.3. The van der Waals surface area contributed by atoms with Crippen LogP contribution in [0.25, 0.3) is 0 Å². The summed E-state index contributed by atoms with van der Waals surface area (Å²) >= 11 is 12.2. The van der Waals surface area contributed by atoms with Crippen molar-refractivity contribution in [3.05, 3.63) is 63.4 Å². The summed E-state index contributed by atoms with van der Waals surface area (Å²) in [7, 11) is 0. The van der Waals surface area contributed by atoms with Crippen LogP contribution in [0.3, 0.4) is 0 Å². The number of hydrogen-bond donors (Lipinski definition) is 0.